The van der Waals surface area contributed by atoms with Gasteiger partial charge < -0.3 is 0 Å². The molecule has 0 aliphatic heterocycles. The lowest BCUT2D eigenvalue weighted by atomic mass is 9.76. The smallest absolute Gasteiger partial charge is 0.0672 e. The molecule has 1 aliphatic carbocycles. The van der Waals surface area contributed by atoms with E-state index in [1.54, 1.807) is 0 Å². The van der Waals surface area contributed by atoms with E-state index < -0.39 is 0 Å². The Morgan fingerprint density at radius 2 is 2.06 bits per heavy atom. The maximum absolute atomic E-state index is 9.30. The van der Waals surface area contributed by atoms with E-state index in [0.29, 0.717) is 12.1 Å². The van der Waals surface area contributed by atoms with Crippen LogP contribution in [0.4, 0.5) is 0 Å². The van der Waals surface area contributed by atoms with Crippen molar-refractivity contribution in [3.8, 4) is 6.07 Å². The van der Waals surface area contributed by atoms with Crippen molar-refractivity contribution in [1.29, 1.82) is 5.26 Å². The van der Waals surface area contributed by atoms with Crippen LogP contribution in [-0.4, -0.2) is 24.0 Å². The van der Waals surface area contributed by atoms with Gasteiger partial charge in [0, 0.05) is 12.1 Å². The zero-order valence-corrected chi connectivity index (χ0v) is 11.9. The summed E-state index contributed by atoms with van der Waals surface area (Å²) in [5, 5.41) is 9.30. The Kier molecular flexibility index (Phi) is 5.98. The van der Waals surface area contributed by atoms with Crippen LogP contribution in [0.25, 0.3) is 0 Å². The molecule has 2 nitrogen and oxygen atoms in total. The Labute approximate surface area is 107 Å². The lowest BCUT2D eigenvalue weighted by Gasteiger charge is -2.41. The number of rotatable bonds is 5. The molecule has 1 rings (SSSR count). The van der Waals surface area contributed by atoms with Crippen molar-refractivity contribution >= 4 is 0 Å². The normalized spacial score (nSPS) is 31.2. The highest BCUT2D eigenvalue weighted by Gasteiger charge is 2.33. The third-order valence-corrected chi connectivity index (χ3v) is 4.60. The third kappa shape index (κ3) is 3.71. The van der Waals surface area contributed by atoms with E-state index in [0.717, 1.165) is 12.3 Å². The molecule has 4 atom stereocenters. The van der Waals surface area contributed by atoms with Crippen LogP contribution < -0.4 is 0 Å². The van der Waals surface area contributed by atoms with E-state index >= 15 is 0 Å². The molecule has 17 heavy (non-hydrogen) atoms. The van der Waals surface area contributed by atoms with E-state index in [-0.39, 0.29) is 5.92 Å². The third-order valence-electron chi connectivity index (χ3n) is 4.60. The molecule has 0 amide bonds. The summed E-state index contributed by atoms with van der Waals surface area (Å²) in [4.78, 5) is 2.45. The maximum atomic E-state index is 9.30. The maximum Gasteiger partial charge on any atom is 0.0672 e. The fourth-order valence-corrected chi connectivity index (χ4v) is 3.12. The molecular weight excluding hydrogens is 208 g/mol. The Balaban J connectivity index is 2.66. The molecule has 0 N–H and O–H groups in total. The monoisotopic (exact) mass is 236 g/mol. The van der Waals surface area contributed by atoms with Crippen LogP contribution in [0.2, 0.25) is 0 Å². The lowest BCUT2D eigenvalue weighted by molar-refractivity contribution is 0.0891. The predicted molar refractivity (Wildman–Crippen MR) is 72.7 cm³/mol. The zero-order valence-electron chi connectivity index (χ0n) is 11.9. The van der Waals surface area contributed by atoms with Crippen LogP contribution in [0.1, 0.15) is 59.3 Å². The molecule has 0 aromatic carbocycles. The molecule has 1 saturated carbocycles. The molecule has 0 bridgehead atoms. The minimum absolute atomic E-state index is 0.252. The fourth-order valence-electron chi connectivity index (χ4n) is 3.12. The van der Waals surface area contributed by atoms with Crippen molar-refractivity contribution in [3.05, 3.63) is 0 Å². The van der Waals surface area contributed by atoms with Gasteiger partial charge in [0.2, 0.25) is 0 Å². The second-order valence-corrected chi connectivity index (χ2v) is 5.69. The van der Waals surface area contributed by atoms with Gasteiger partial charge in [0.1, 0.15) is 0 Å². The summed E-state index contributed by atoms with van der Waals surface area (Å²) >= 11 is 0. The van der Waals surface area contributed by atoms with Crippen LogP contribution >= 0.6 is 0 Å². The molecule has 1 aliphatic rings. The van der Waals surface area contributed by atoms with E-state index in [1.807, 2.05) is 0 Å². The van der Waals surface area contributed by atoms with Gasteiger partial charge in [-0.15, -0.1) is 0 Å². The summed E-state index contributed by atoms with van der Waals surface area (Å²) in [7, 11) is 2.21. The van der Waals surface area contributed by atoms with Gasteiger partial charge in [-0.25, -0.2) is 0 Å². The second-order valence-electron chi connectivity index (χ2n) is 5.69. The van der Waals surface area contributed by atoms with E-state index in [1.165, 1.54) is 32.1 Å². The lowest BCUT2D eigenvalue weighted by Crippen LogP contribution is -2.45. The minimum Gasteiger partial charge on any atom is -0.299 e. The van der Waals surface area contributed by atoms with Gasteiger partial charge in [-0.3, -0.25) is 4.90 Å². The van der Waals surface area contributed by atoms with Crippen LogP contribution in [0.3, 0.4) is 0 Å². The van der Waals surface area contributed by atoms with Gasteiger partial charge in [-0.2, -0.15) is 5.26 Å². The molecule has 4 unspecified atom stereocenters. The van der Waals surface area contributed by atoms with Gasteiger partial charge in [-0.05, 0) is 45.6 Å². The quantitative estimate of drug-likeness (QED) is 0.725. The Bertz CT molecular complexity index is 256. The zero-order chi connectivity index (χ0) is 12.8. The summed E-state index contributed by atoms with van der Waals surface area (Å²) in [6.45, 7) is 6.77. The first kappa shape index (κ1) is 14.5. The molecule has 0 spiro atoms. The van der Waals surface area contributed by atoms with Crippen molar-refractivity contribution in [2.45, 2.75) is 71.4 Å². The van der Waals surface area contributed by atoms with Crippen LogP contribution in [-0.2, 0) is 0 Å². The highest BCUT2D eigenvalue weighted by Crippen LogP contribution is 2.34. The standard InChI is InChI=1S/C15H28N2/c1-5-7-13-8-9-14(11-16)15(10-13)17(4)12(3)6-2/h12-15H,5-10H2,1-4H3. The molecule has 0 heterocycles. The Morgan fingerprint density at radius 1 is 1.35 bits per heavy atom. The van der Waals surface area contributed by atoms with Gasteiger partial charge >= 0.3 is 0 Å². The van der Waals surface area contributed by atoms with Crippen LogP contribution in [0.5, 0.6) is 0 Å². The molecule has 1 fully saturated rings. The van der Waals surface area contributed by atoms with Crippen molar-refractivity contribution in [2.75, 3.05) is 7.05 Å². The topological polar surface area (TPSA) is 27.0 Å². The summed E-state index contributed by atoms with van der Waals surface area (Å²) in [6, 6.07) is 3.61. The first-order valence-corrected chi connectivity index (χ1v) is 7.25. The first-order chi connectivity index (χ1) is 8.13. The molecule has 0 aromatic heterocycles. The van der Waals surface area contributed by atoms with Crippen LogP contribution in [0, 0.1) is 23.2 Å². The summed E-state index contributed by atoms with van der Waals surface area (Å²) in [5.74, 6) is 1.10. The number of nitriles is 1. The molecule has 2 heteroatoms. The molecular formula is C15H28N2. The van der Waals surface area contributed by atoms with Crippen LogP contribution in [0.15, 0.2) is 0 Å². The van der Waals surface area contributed by atoms with Gasteiger partial charge in [0.15, 0.2) is 0 Å². The minimum atomic E-state index is 0.252. The van der Waals surface area contributed by atoms with Gasteiger partial charge in [0.25, 0.3) is 0 Å². The van der Waals surface area contributed by atoms with Crippen molar-refractivity contribution in [3.63, 3.8) is 0 Å². The first-order valence-electron chi connectivity index (χ1n) is 7.25. The number of hydrogen-bond acceptors (Lipinski definition) is 2. The average molecular weight is 236 g/mol. The van der Waals surface area contributed by atoms with Gasteiger partial charge in [-0.1, -0.05) is 26.7 Å². The number of hydrogen-bond donors (Lipinski definition) is 0. The fraction of sp³-hybridized carbons (Fsp3) is 0.933. The largest absolute Gasteiger partial charge is 0.299 e. The Hall–Kier alpha value is -0.550. The average Bonchev–Trinajstić information content (AvgIpc) is 2.37. The molecule has 0 saturated heterocycles. The number of nitrogens with zero attached hydrogens (tertiary/aromatic N) is 2. The summed E-state index contributed by atoms with van der Waals surface area (Å²) in [5.41, 5.74) is 0. The summed E-state index contributed by atoms with van der Waals surface area (Å²) in [6.07, 6.45) is 7.38. The van der Waals surface area contributed by atoms with Crippen molar-refractivity contribution < 1.29 is 0 Å². The molecule has 98 valence electrons. The van der Waals surface area contributed by atoms with Crippen molar-refractivity contribution in [1.82, 2.24) is 4.90 Å². The van der Waals surface area contributed by atoms with Gasteiger partial charge in [0.05, 0.1) is 12.0 Å². The van der Waals surface area contributed by atoms with Crippen molar-refractivity contribution in [2.24, 2.45) is 11.8 Å². The van der Waals surface area contributed by atoms with E-state index in [4.69, 9.17) is 0 Å². The summed E-state index contributed by atoms with van der Waals surface area (Å²) < 4.78 is 0. The SMILES string of the molecule is CCCC1CCC(C#N)C(N(C)C(C)CC)C1. The predicted octanol–water partition coefficient (Wildman–Crippen LogP) is 3.83. The Morgan fingerprint density at radius 3 is 2.59 bits per heavy atom. The highest BCUT2D eigenvalue weighted by atomic mass is 15.2. The van der Waals surface area contributed by atoms with E-state index in [2.05, 4.69) is 38.8 Å². The second kappa shape index (κ2) is 7.01. The highest BCUT2D eigenvalue weighted by molar-refractivity contribution is 4.97. The molecule has 0 radical (unpaired) electrons. The van der Waals surface area contributed by atoms with E-state index in [9.17, 15) is 5.26 Å². The molecule has 0 aromatic rings.